The number of halogens is 4. The van der Waals surface area contributed by atoms with E-state index in [0.717, 1.165) is 16.7 Å². The molecule has 18 heavy (non-hydrogen) atoms. The number of rotatable bonds is 2. The van der Waals surface area contributed by atoms with Gasteiger partial charge in [0.05, 0.1) is 10.0 Å². The van der Waals surface area contributed by atoms with Crippen molar-refractivity contribution in [3.05, 3.63) is 67.1 Å². The molecule has 0 saturated carbocycles. The molecule has 0 amide bonds. The van der Waals surface area contributed by atoms with Gasteiger partial charge < -0.3 is 0 Å². The van der Waals surface area contributed by atoms with E-state index in [0.29, 0.717) is 26.5 Å². The Balaban J connectivity index is 2.34. The van der Waals surface area contributed by atoms with Crippen molar-refractivity contribution in [3.63, 3.8) is 0 Å². The van der Waals surface area contributed by atoms with Gasteiger partial charge >= 0.3 is 0 Å². The summed E-state index contributed by atoms with van der Waals surface area (Å²) >= 11 is 24.1. The van der Waals surface area contributed by atoms with Crippen LogP contribution in [0.2, 0.25) is 20.1 Å². The van der Waals surface area contributed by atoms with Crippen LogP contribution in [0, 0.1) is 6.92 Å². The van der Waals surface area contributed by atoms with E-state index in [1.165, 1.54) is 0 Å². The molecule has 0 atom stereocenters. The van der Waals surface area contributed by atoms with Crippen LogP contribution in [0.1, 0.15) is 16.7 Å². The summed E-state index contributed by atoms with van der Waals surface area (Å²) in [5, 5.41) is 2.46. The fraction of sp³-hybridized carbons (Fsp3) is 0.143. The molecule has 0 aliphatic carbocycles. The molecule has 0 N–H and O–H groups in total. The molecule has 0 heterocycles. The summed E-state index contributed by atoms with van der Waals surface area (Å²) in [5.74, 6) is 0. The Labute approximate surface area is 126 Å². The Morgan fingerprint density at radius 1 is 0.889 bits per heavy atom. The second-order valence-corrected chi connectivity index (χ2v) is 5.75. The Kier molecular flexibility index (Phi) is 4.45. The molecule has 4 heteroatoms. The van der Waals surface area contributed by atoms with Crippen LogP contribution in [0.5, 0.6) is 0 Å². The van der Waals surface area contributed by atoms with Crippen molar-refractivity contribution >= 4 is 46.4 Å². The summed E-state index contributed by atoms with van der Waals surface area (Å²) < 4.78 is 0. The summed E-state index contributed by atoms with van der Waals surface area (Å²) in [4.78, 5) is 0. The lowest BCUT2D eigenvalue weighted by atomic mass is 10.0. The molecule has 2 aromatic rings. The predicted octanol–water partition coefficient (Wildman–Crippen LogP) is 6.20. The molecular formula is C14H10Cl4. The van der Waals surface area contributed by atoms with E-state index < -0.39 is 0 Å². The van der Waals surface area contributed by atoms with Gasteiger partial charge in [0.2, 0.25) is 0 Å². The fourth-order valence-corrected chi connectivity index (χ4v) is 2.66. The van der Waals surface area contributed by atoms with E-state index in [1.54, 1.807) is 6.07 Å². The number of benzene rings is 2. The molecule has 2 aromatic carbocycles. The van der Waals surface area contributed by atoms with Gasteiger partial charge in [-0.2, -0.15) is 0 Å². The number of hydrogen-bond donors (Lipinski definition) is 0. The van der Waals surface area contributed by atoms with Gasteiger partial charge in [-0.05, 0) is 48.2 Å². The van der Waals surface area contributed by atoms with Crippen LogP contribution in [0.25, 0.3) is 0 Å². The first-order valence-electron chi connectivity index (χ1n) is 5.36. The van der Waals surface area contributed by atoms with Crippen molar-refractivity contribution in [2.75, 3.05) is 0 Å². The molecule has 0 aliphatic heterocycles. The van der Waals surface area contributed by atoms with Gasteiger partial charge in [0.15, 0.2) is 0 Å². The van der Waals surface area contributed by atoms with E-state index in [4.69, 9.17) is 46.4 Å². The topological polar surface area (TPSA) is 0 Å². The Morgan fingerprint density at radius 2 is 1.61 bits per heavy atom. The standard InChI is InChI=1S/C14H10Cl4/c1-8-4-9(6-13(17)14(8)18)5-10-2-3-11(15)7-12(10)16/h2-4,6-7H,5H2,1H3. The van der Waals surface area contributed by atoms with Crippen LogP contribution in [0.15, 0.2) is 30.3 Å². The van der Waals surface area contributed by atoms with E-state index in [-0.39, 0.29) is 0 Å². The van der Waals surface area contributed by atoms with Crippen molar-refractivity contribution in [1.82, 2.24) is 0 Å². The minimum absolute atomic E-state index is 0.566. The first-order valence-corrected chi connectivity index (χ1v) is 6.87. The zero-order chi connectivity index (χ0) is 13.3. The zero-order valence-electron chi connectivity index (χ0n) is 9.61. The predicted molar refractivity (Wildman–Crippen MR) is 80.5 cm³/mol. The maximum absolute atomic E-state index is 6.15. The highest BCUT2D eigenvalue weighted by Crippen LogP contribution is 2.29. The minimum Gasteiger partial charge on any atom is -0.0843 e. The van der Waals surface area contributed by atoms with Crippen LogP contribution in [0.4, 0.5) is 0 Å². The van der Waals surface area contributed by atoms with Gasteiger partial charge in [-0.1, -0.05) is 58.5 Å². The molecule has 0 nitrogen and oxygen atoms in total. The molecule has 0 bridgehead atoms. The van der Waals surface area contributed by atoms with Crippen molar-refractivity contribution < 1.29 is 0 Å². The van der Waals surface area contributed by atoms with E-state index in [2.05, 4.69) is 0 Å². The van der Waals surface area contributed by atoms with E-state index >= 15 is 0 Å². The number of hydrogen-bond acceptors (Lipinski definition) is 0. The van der Waals surface area contributed by atoms with Crippen LogP contribution < -0.4 is 0 Å². The third kappa shape index (κ3) is 3.13. The smallest absolute Gasteiger partial charge is 0.0621 e. The Morgan fingerprint density at radius 3 is 2.22 bits per heavy atom. The second-order valence-electron chi connectivity index (χ2n) is 4.12. The van der Waals surface area contributed by atoms with E-state index in [1.807, 2.05) is 31.2 Å². The average molecular weight is 320 g/mol. The third-order valence-electron chi connectivity index (χ3n) is 2.68. The first-order chi connectivity index (χ1) is 8.47. The van der Waals surface area contributed by atoms with Gasteiger partial charge in [-0.15, -0.1) is 0 Å². The van der Waals surface area contributed by atoms with Crippen LogP contribution in [-0.4, -0.2) is 0 Å². The van der Waals surface area contributed by atoms with Crippen LogP contribution in [0.3, 0.4) is 0 Å². The first kappa shape index (κ1) is 14.0. The monoisotopic (exact) mass is 318 g/mol. The molecule has 0 aromatic heterocycles. The number of aryl methyl sites for hydroxylation is 1. The summed E-state index contributed by atoms with van der Waals surface area (Å²) in [6, 6.07) is 9.36. The lowest BCUT2D eigenvalue weighted by molar-refractivity contribution is 1.18. The maximum atomic E-state index is 6.15. The van der Waals surface area contributed by atoms with Crippen molar-refractivity contribution in [3.8, 4) is 0 Å². The molecule has 2 rings (SSSR count). The van der Waals surface area contributed by atoms with E-state index in [9.17, 15) is 0 Å². The highest BCUT2D eigenvalue weighted by Gasteiger charge is 2.07. The van der Waals surface area contributed by atoms with Gasteiger partial charge in [-0.25, -0.2) is 0 Å². The average Bonchev–Trinajstić information content (AvgIpc) is 2.29. The van der Waals surface area contributed by atoms with Gasteiger partial charge in [0, 0.05) is 10.0 Å². The van der Waals surface area contributed by atoms with Crippen molar-refractivity contribution in [1.29, 1.82) is 0 Å². The van der Waals surface area contributed by atoms with Crippen LogP contribution in [-0.2, 0) is 6.42 Å². The zero-order valence-corrected chi connectivity index (χ0v) is 12.6. The highest BCUT2D eigenvalue weighted by molar-refractivity contribution is 6.42. The molecule has 0 radical (unpaired) electrons. The third-order valence-corrected chi connectivity index (χ3v) is 4.16. The van der Waals surface area contributed by atoms with Crippen LogP contribution >= 0.6 is 46.4 Å². The Hall–Kier alpha value is -0.400. The molecule has 0 unspecified atom stereocenters. The van der Waals surface area contributed by atoms with Gasteiger partial charge in [0.1, 0.15) is 0 Å². The SMILES string of the molecule is Cc1cc(Cc2ccc(Cl)cc2Cl)cc(Cl)c1Cl. The molecule has 0 fully saturated rings. The molecule has 0 spiro atoms. The molecule has 94 valence electrons. The fourth-order valence-electron chi connectivity index (χ4n) is 1.78. The highest BCUT2D eigenvalue weighted by atomic mass is 35.5. The second kappa shape index (κ2) is 5.71. The van der Waals surface area contributed by atoms with Crippen molar-refractivity contribution in [2.45, 2.75) is 13.3 Å². The molecule has 0 aliphatic rings. The summed E-state index contributed by atoms with van der Waals surface area (Å²) in [5.41, 5.74) is 3.05. The Bertz CT molecular complexity index is 567. The summed E-state index contributed by atoms with van der Waals surface area (Å²) in [6.07, 6.45) is 0.702. The molecule has 0 saturated heterocycles. The minimum atomic E-state index is 0.566. The lowest BCUT2D eigenvalue weighted by Crippen LogP contribution is -1.91. The summed E-state index contributed by atoms with van der Waals surface area (Å²) in [7, 11) is 0. The maximum Gasteiger partial charge on any atom is 0.0621 e. The molecular weight excluding hydrogens is 310 g/mol. The largest absolute Gasteiger partial charge is 0.0843 e. The van der Waals surface area contributed by atoms with Gasteiger partial charge in [-0.3, -0.25) is 0 Å². The normalized spacial score (nSPS) is 10.7. The van der Waals surface area contributed by atoms with Gasteiger partial charge in [0.25, 0.3) is 0 Å². The summed E-state index contributed by atoms with van der Waals surface area (Å²) in [6.45, 7) is 1.93. The lowest BCUT2D eigenvalue weighted by Gasteiger charge is -2.08. The quantitative estimate of drug-likeness (QED) is 0.618. The van der Waals surface area contributed by atoms with Crippen molar-refractivity contribution in [2.24, 2.45) is 0 Å².